The summed E-state index contributed by atoms with van der Waals surface area (Å²) >= 11 is 0. The number of hydrogen-bond acceptors (Lipinski definition) is 1. The van der Waals surface area contributed by atoms with Crippen molar-refractivity contribution in [2.75, 3.05) is 6.54 Å². The molecule has 0 N–H and O–H groups in total. The predicted octanol–water partition coefficient (Wildman–Crippen LogP) is 2.35. The molecule has 0 bridgehead atoms. The van der Waals surface area contributed by atoms with E-state index >= 15 is 0 Å². The van der Waals surface area contributed by atoms with Gasteiger partial charge in [0.2, 0.25) is 0 Å². The molecule has 2 heteroatoms. The third-order valence-electron chi connectivity index (χ3n) is 3.75. The van der Waals surface area contributed by atoms with Gasteiger partial charge in [-0.3, -0.25) is 0 Å². The molecule has 12 heavy (non-hydrogen) atoms. The molecule has 0 saturated carbocycles. The van der Waals surface area contributed by atoms with Crippen LogP contribution in [0.3, 0.4) is 0 Å². The van der Waals surface area contributed by atoms with Gasteiger partial charge in [-0.05, 0) is 32.7 Å². The summed E-state index contributed by atoms with van der Waals surface area (Å²) in [6.07, 6.45) is 6.54. The summed E-state index contributed by atoms with van der Waals surface area (Å²) in [5.74, 6) is 0. The molecule has 1 fully saturated rings. The van der Waals surface area contributed by atoms with Gasteiger partial charge < -0.3 is 4.81 Å². The van der Waals surface area contributed by atoms with Crippen LogP contribution in [-0.2, 0) is 0 Å². The van der Waals surface area contributed by atoms with Crippen molar-refractivity contribution in [1.82, 2.24) is 4.81 Å². The van der Waals surface area contributed by atoms with Crippen LogP contribution in [0.25, 0.3) is 0 Å². The van der Waals surface area contributed by atoms with E-state index in [1.165, 1.54) is 25.8 Å². The number of hydrogen-bond donors (Lipinski definition) is 0. The quantitative estimate of drug-likeness (QED) is 0.536. The Balaban J connectivity index is 2.25. The maximum absolute atomic E-state index is 2.62. The second-order valence-corrected chi connectivity index (χ2v) is 4.29. The molecular formula is C10H18BN. The summed E-state index contributed by atoms with van der Waals surface area (Å²) in [5.41, 5.74) is 2.16. The second kappa shape index (κ2) is 2.63. The zero-order chi connectivity index (χ0) is 8.77. The van der Waals surface area contributed by atoms with Crippen LogP contribution in [0.4, 0.5) is 0 Å². The first-order valence-corrected chi connectivity index (χ1v) is 5.17. The molecule has 0 aromatic carbocycles. The lowest BCUT2D eigenvalue weighted by Crippen LogP contribution is -2.68. The minimum Gasteiger partial charge on any atom is -0.331 e. The van der Waals surface area contributed by atoms with Crippen molar-refractivity contribution >= 4 is 6.85 Å². The van der Waals surface area contributed by atoms with E-state index in [1.54, 1.807) is 5.47 Å². The Morgan fingerprint density at radius 2 is 2.42 bits per heavy atom. The first kappa shape index (κ1) is 8.37. The number of fused-ring (bicyclic) bond motifs is 1. The van der Waals surface area contributed by atoms with E-state index in [1.807, 2.05) is 0 Å². The van der Waals surface area contributed by atoms with Crippen LogP contribution in [0.1, 0.15) is 33.1 Å². The monoisotopic (exact) mass is 163 g/mol. The lowest BCUT2D eigenvalue weighted by Gasteiger charge is -2.58. The molecule has 0 radical (unpaired) electrons. The van der Waals surface area contributed by atoms with Crippen molar-refractivity contribution in [2.24, 2.45) is 0 Å². The van der Waals surface area contributed by atoms with Crippen LogP contribution in [-0.4, -0.2) is 23.7 Å². The fraction of sp³-hybridized carbons (Fsp3) is 0.800. The lowest BCUT2D eigenvalue weighted by atomic mass is 9.38. The van der Waals surface area contributed by atoms with Gasteiger partial charge >= 0.3 is 0 Å². The van der Waals surface area contributed by atoms with Crippen molar-refractivity contribution in [2.45, 2.75) is 45.5 Å². The lowest BCUT2D eigenvalue weighted by molar-refractivity contribution is 0.194. The van der Waals surface area contributed by atoms with E-state index < -0.39 is 0 Å². The summed E-state index contributed by atoms with van der Waals surface area (Å²) in [6, 6.07) is 0. The largest absolute Gasteiger partial charge is 0.331 e. The number of rotatable bonds is 1. The van der Waals surface area contributed by atoms with Gasteiger partial charge in [0.15, 0.2) is 0 Å². The molecular weight excluding hydrogens is 145 g/mol. The maximum atomic E-state index is 2.62. The van der Waals surface area contributed by atoms with Gasteiger partial charge in [0.25, 0.3) is 6.85 Å². The third-order valence-corrected chi connectivity index (χ3v) is 3.75. The van der Waals surface area contributed by atoms with E-state index in [-0.39, 0.29) is 0 Å². The van der Waals surface area contributed by atoms with Crippen molar-refractivity contribution in [1.29, 1.82) is 0 Å². The summed E-state index contributed by atoms with van der Waals surface area (Å²) in [7, 11) is 0. The average molecular weight is 163 g/mol. The Bertz CT molecular complexity index is 224. The number of allylic oxidation sites excluding steroid dienone is 1. The van der Waals surface area contributed by atoms with Crippen molar-refractivity contribution in [3.8, 4) is 0 Å². The number of likely N-dealkylation sites (N-methyl/N-ethyl adjacent to an activating group) is 1. The highest BCUT2D eigenvalue weighted by atomic mass is 15.2. The molecule has 2 aliphatic rings. The Morgan fingerprint density at radius 3 is 3.08 bits per heavy atom. The Kier molecular flexibility index (Phi) is 1.83. The second-order valence-electron chi connectivity index (χ2n) is 4.29. The average Bonchev–Trinajstić information content (AvgIpc) is 2.04. The minimum absolute atomic E-state index is 0.451. The highest BCUT2D eigenvalue weighted by molar-refractivity contribution is 6.67. The van der Waals surface area contributed by atoms with Crippen molar-refractivity contribution in [3.05, 3.63) is 11.5 Å². The van der Waals surface area contributed by atoms with Crippen LogP contribution in [0.5, 0.6) is 0 Å². The van der Waals surface area contributed by atoms with E-state index in [2.05, 4.69) is 31.6 Å². The highest BCUT2D eigenvalue weighted by Crippen LogP contribution is 2.45. The predicted molar refractivity (Wildman–Crippen MR) is 54.3 cm³/mol. The fourth-order valence-corrected chi connectivity index (χ4v) is 3.15. The molecule has 66 valence electrons. The molecule has 0 aromatic rings. The van der Waals surface area contributed by atoms with Crippen LogP contribution in [0.15, 0.2) is 11.5 Å². The molecule has 0 aromatic heterocycles. The fourth-order valence-electron chi connectivity index (χ4n) is 3.15. The van der Waals surface area contributed by atoms with E-state index in [9.17, 15) is 0 Å². The van der Waals surface area contributed by atoms with Gasteiger partial charge in [0.1, 0.15) is 0 Å². The molecule has 0 amide bonds. The molecule has 1 saturated heterocycles. The van der Waals surface area contributed by atoms with Crippen LogP contribution < -0.4 is 0 Å². The SMILES string of the molecule is CCN1B(C)C2=CCCCC21C. The Morgan fingerprint density at radius 1 is 1.67 bits per heavy atom. The van der Waals surface area contributed by atoms with Crippen molar-refractivity contribution in [3.63, 3.8) is 0 Å². The first-order chi connectivity index (χ1) is 5.70. The molecule has 1 heterocycles. The van der Waals surface area contributed by atoms with Gasteiger partial charge in [0.05, 0.1) is 0 Å². The molecule has 2 rings (SSSR count). The van der Waals surface area contributed by atoms with Gasteiger partial charge in [-0.25, -0.2) is 0 Å². The van der Waals surface area contributed by atoms with Crippen LogP contribution in [0.2, 0.25) is 6.82 Å². The molecule has 1 atom stereocenters. The summed E-state index contributed by atoms with van der Waals surface area (Å²) in [6.45, 7) is 8.94. The molecule has 0 spiro atoms. The first-order valence-electron chi connectivity index (χ1n) is 5.17. The van der Waals surface area contributed by atoms with Gasteiger partial charge in [0, 0.05) is 5.54 Å². The zero-order valence-corrected chi connectivity index (χ0v) is 8.43. The van der Waals surface area contributed by atoms with Gasteiger partial charge in [-0.15, -0.1) is 0 Å². The summed E-state index contributed by atoms with van der Waals surface area (Å²) < 4.78 is 0. The molecule has 1 aliphatic carbocycles. The molecule has 1 aliphatic heterocycles. The number of nitrogens with zero attached hydrogens (tertiary/aromatic N) is 1. The normalized spacial score (nSPS) is 35.6. The van der Waals surface area contributed by atoms with E-state index in [0.717, 1.165) is 6.85 Å². The van der Waals surface area contributed by atoms with Crippen LogP contribution >= 0.6 is 0 Å². The summed E-state index contributed by atoms with van der Waals surface area (Å²) in [4.78, 5) is 2.62. The Labute approximate surface area is 75.9 Å². The topological polar surface area (TPSA) is 3.24 Å². The van der Waals surface area contributed by atoms with Gasteiger partial charge in [-0.2, -0.15) is 0 Å². The molecule has 1 nitrogen and oxygen atoms in total. The van der Waals surface area contributed by atoms with Crippen LogP contribution in [0, 0.1) is 0 Å². The smallest absolute Gasteiger partial charge is 0.252 e. The molecule has 1 unspecified atom stereocenters. The summed E-state index contributed by atoms with van der Waals surface area (Å²) in [5, 5.41) is 0. The van der Waals surface area contributed by atoms with Gasteiger partial charge in [-0.1, -0.05) is 25.3 Å². The van der Waals surface area contributed by atoms with E-state index in [4.69, 9.17) is 0 Å². The third kappa shape index (κ3) is 0.847. The van der Waals surface area contributed by atoms with E-state index in [0.29, 0.717) is 5.54 Å². The maximum Gasteiger partial charge on any atom is 0.252 e. The van der Waals surface area contributed by atoms with Crippen molar-refractivity contribution < 1.29 is 0 Å². The minimum atomic E-state index is 0.451. The Hall–Kier alpha value is -0.235. The highest BCUT2D eigenvalue weighted by Gasteiger charge is 2.51. The standard InChI is InChI=1S/C10H18BN/c1-4-12-10(2)8-6-5-7-9(10)11(12)3/h7H,4-6,8H2,1-3H3. The zero-order valence-electron chi connectivity index (χ0n) is 8.43.